The first-order valence-electron chi connectivity index (χ1n) is 8.66. The van der Waals surface area contributed by atoms with Crippen molar-refractivity contribution >= 4 is 46.2 Å². The van der Waals surface area contributed by atoms with Crippen molar-refractivity contribution in [1.29, 1.82) is 0 Å². The molecule has 0 unspecified atom stereocenters. The Morgan fingerprint density at radius 1 is 1.14 bits per heavy atom. The van der Waals surface area contributed by atoms with Gasteiger partial charge in [-0.2, -0.15) is 13.2 Å². The summed E-state index contributed by atoms with van der Waals surface area (Å²) >= 11 is 11.0. The summed E-state index contributed by atoms with van der Waals surface area (Å²) in [6, 6.07) is 9.61. The van der Waals surface area contributed by atoms with E-state index in [0.717, 1.165) is 12.1 Å². The molecule has 1 saturated heterocycles. The van der Waals surface area contributed by atoms with Crippen LogP contribution in [0.2, 0.25) is 5.02 Å². The Labute approximate surface area is 175 Å². The van der Waals surface area contributed by atoms with Crippen LogP contribution >= 0.6 is 23.8 Å². The van der Waals surface area contributed by atoms with Crippen molar-refractivity contribution in [3.8, 4) is 0 Å². The molecule has 1 fully saturated rings. The van der Waals surface area contributed by atoms with E-state index in [1.807, 2.05) is 4.90 Å². The van der Waals surface area contributed by atoms with E-state index in [2.05, 4.69) is 10.6 Å². The summed E-state index contributed by atoms with van der Waals surface area (Å²) in [6.07, 6.45) is -4.51. The number of carbonyl (C=O) groups is 1. The standard InChI is InChI=1S/C19H17ClF3N3O2S/c20-14-3-1-2-12(10-14)17(27)25-18(29)24-15-11-13(19(21,22)23)4-5-16(15)26-6-8-28-9-7-26/h1-5,10-11H,6-9H2,(H2,24,25,27,29). The lowest BCUT2D eigenvalue weighted by Crippen LogP contribution is -2.38. The van der Waals surface area contributed by atoms with Crippen LogP contribution in [-0.4, -0.2) is 37.3 Å². The maximum atomic E-state index is 13.2. The lowest BCUT2D eigenvalue weighted by molar-refractivity contribution is -0.137. The van der Waals surface area contributed by atoms with Crippen molar-refractivity contribution in [2.75, 3.05) is 36.5 Å². The number of nitrogens with zero attached hydrogens (tertiary/aromatic N) is 1. The summed E-state index contributed by atoms with van der Waals surface area (Å²) in [5, 5.41) is 5.44. The molecule has 0 bridgehead atoms. The Kier molecular flexibility index (Phi) is 6.61. The van der Waals surface area contributed by atoms with Gasteiger partial charge >= 0.3 is 6.18 Å². The maximum absolute atomic E-state index is 13.2. The average molecular weight is 444 g/mol. The van der Waals surface area contributed by atoms with Gasteiger partial charge in [0.2, 0.25) is 0 Å². The number of hydrogen-bond acceptors (Lipinski definition) is 4. The second kappa shape index (κ2) is 8.98. The van der Waals surface area contributed by atoms with Crippen LogP contribution in [0.25, 0.3) is 0 Å². The highest BCUT2D eigenvalue weighted by Gasteiger charge is 2.31. The first-order chi connectivity index (χ1) is 13.7. The lowest BCUT2D eigenvalue weighted by atomic mass is 10.1. The molecular weight excluding hydrogens is 427 g/mol. The molecule has 10 heteroatoms. The minimum absolute atomic E-state index is 0.121. The first kappa shape index (κ1) is 21.4. The average Bonchev–Trinajstić information content (AvgIpc) is 2.68. The number of benzene rings is 2. The van der Waals surface area contributed by atoms with E-state index in [4.69, 9.17) is 28.6 Å². The van der Waals surface area contributed by atoms with Crippen LogP contribution in [0.3, 0.4) is 0 Å². The number of thiocarbonyl (C=S) groups is 1. The minimum Gasteiger partial charge on any atom is -0.378 e. The summed E-state index contributed by atoms with van der Waals surface area (Å²) in [4.78, 5) is 14.2. The van der Waals surface area contributed by atoms with Gasteiger partial charge in [0.25, 0.3) is 5.91 Å². The summed E-state index contributed by atoms with van der Waals surface area (Å²) in [6.45, 7) is 2.00. The molecule has 1 aliphatic rings. The molecule has 0 radical (unpaired) electrons. The van der Waals surface area contributed by atoms with Crippen molar-refractivity contribution < 1.29 is 22.7 Å². The van der Waals surface area contributed by atoms with Crippen molar-refractivity contribution in [1.82, 2.24) is 5.32 Å². The normalized spacial score (nSPS) is 14.4. The van der Waals surface area contributed by atoms with Crippen LogP contribution in [0.4, 0.5) is 24.5 Å². The molecule has 29 heavy (non-hydrogen) atoms. The predicted octanol–water partition coefficient (Wildman–Crippen LogP) is 4.32. The van der Waals surface area contributed by atoms with Gasteiger partial charge in [-0.1, -0.05) is 17.7 Å². The highest BCUT2D eigenvalue weighted by atomic mass is 35.5. The Morgan fingerprint density at radius 2 is 1.86 bits per heavy atom. The number of ether oxygens (including phenoxy) is 1. The second-order valence-electron chi connectivity index (χ2n) is 6.25. The van der Waals surface area contributed by atoms with Gasteiger partial charge in [-0.05, 0) is 48.6 Å². The zero-order valence-electron chi connectivity index (χ0n) is 15.1. The van der Waals surface area contributed by atoms with Gasteiger partial charge < -0.3 is 15.0 Å². The summed E-state index contributed by atoms with van der Waals surface area (Å²) in [7, 11) is 0. The quantitative estimate of drug-likeness (QED) is 0.692. The topological polar surface area (TPSA) is 53.6 Å². The molecule has 154 valence electrons. The molecule has 0 saturated carbocycles. The number of halogens is 4. The van der Waals surface area contributed by atoms with Crippen LogP contribution < -0.4 is 15.5 Å². The van der Waals surface area contributed by atoms with Gasteiger partial charge in [0.15, 0.2) is 5.11 Å². The molecule has 0 aromatic heterocycles. The Morgan fingerprint density at radius 3 is 2.52 bits per heavy atom. The molecule has 5 nitrogen and oxygen atoms in total. The van der Waals surface area contributed by atoms with Gasteiger partial charge in [-0.3, -0.25) is 10.1 Å². The fourth-order valence-corrected chi connectivity index (χ4v) is 3.24. The van der Waals surface area contributed by atoms with E-state index in [-0.39, 0.29) is 16.4 Å². The van der Waals surface area contributed by atoms with Crippen molar-refractivity contribution in [3.05, 3.63) is 58.6 Å². The molecule has 0 aliphatic carbocycles. The zero-order chi connectivity index (χ0) is 21.0. The van der Waals surface area contributed by atoms with Crippen LogP contribution in [0.1, 0.15) is 15.9 Å². The van der Waals surface area contributed by atoms with Crippen LogP contribution in [0.15, 0.2) is 42.5 Å². The van der Waals surface area contributed by atoms with Crippen LogP contribution in [0.5, 0.6) is 0 Å². The Bertz CT molecular complexity index is 918. The van der Waals surface area contributed by atoms with Gasteiger partial charge in [0.05, 0.1) is 30.2 Å². The largest absolute Gasteiger partial charge is 0.416 e. The number of morpholine rings is 1. The molecule has 1 amide bonds. The molecule has 2 aromatic rings. The minimum atomic E-state index is -4.51. The smallest absolute Gasteiger partial charge is 0.378 e. The van der Waals surface area contributed by atoms with E-state index >= 15 is 0 Å². The number of hydrogen-bond donors (Lipinski definition) is 2. The van der Waals surface area contributed by atoms with Gasteiger partial charge in [-0.25, -0.2) is 0 Å². The van der Waals surface area contributed by atoms with Gasteiger partial charge in [-0.15, -0.1) is 0 Å². The van der Waals surface area contributed by atoms with Crippen molar-refractivity contribution in [3.63, 3.8) is 0 Å². The molecule has 0 atom stereocenters. The number of carbonyl (C=O) groups excluding carboxylic acids is 1. The molecular formula is C19H17ClF3N3O2S. The molecule has 2 aromatic carbocycles. The molecule has 0 spiro atoms. The van der Waals surface area contributed by atoms with Crippen molar-refractivity contribution in [2.45, 2.75) is 6.18 Å². The summed E-state index contributed by atoms with van der Waals surface area (Å²) < 4.78 is 44.8. The summed E-state index contributed by atoms with van der Waals surface area (Å²) in [5.74, 6) is -0.523. The molecule has 3 rings (SSSR count). The zero-order valence-corrected chi connectivity index (χ0v) is 16.6. The number of rotatable bonds is 3. The second-order valence-corrected chi connectivity index (χ2v) is 7.09. The third-order valence-corrected chi connectivity index (χ3v) is 4.68. The van der Waals surface area contributed by atoms with Gasteiger partial charge in [0.1, 0.15) is 0 Å². The monoisotopic (exact) mass is 443 g/mol. The van der Waals surface area contributed by atoms with E-state index in [1.165, 1.54) is 12.1 Å². The number of amides is 1. The van der Waals surface area contributed by atoms with Crippen LogP contribution in [-0.2, 0) is 10.9 Å². The molecule has 1 aliphatic heterocycles. The number of anilines is 2. The van der Waals surface area contributed by atoms with Crippen molar-refractivity contribution in [2.24, 2.45) is 0 Å². The molecule has 2 N–H and O–H groups in total. The SMILES string of the molecule is O=C(NC(=S)Nc1cc(C(F)(F)F)ccc1N1CCOCC1)c1cccc(Cl)c1. The Balaban J connectivity index is 1.81. The van der Waals surface area contributed by atoms with E-state index in [1.54, 1.807) is 18.2 Å². The fraction of sp³-hybridized carbons (Fsp3) is 0.263. The van der Waals surface area contributed by atoms with E-state index in [0.29, 0.717) is 37.0 Å². The fourth-order valence-electron chi connectivity index (χ4n) is 2.85. The summed E-state index contributed by atoms with van der Waals surface area (Å²) in [5.41, 5.74) is 0.152. The maximum Gasteiger partial charge on any atom is 0.416 e. The van der Waals surface area contributed by atoms with E-state index < -0.39 is 17.6 Å². The Hall–Kier alpha value is -2.36. The van der Waals surface area contributed by atoms with Crippen LogP contribution in [0, 0.1) is 0 Å². The number of nitrogens with one attached hydrogen (secondary N) is 2. The first-order valence-corrected chi connectivity index (χ1v) is 9.44. The predicted molar refractivity (Wildman–Crippen MR) is 110 cm³/mol. The van der Waals surface area contributed by atoms with Gasteiger partial charge in [0, 0.05) is 23.7 Å². The lowest BCUT2D eigenvalue weighted by Gasteiger charge is -2.31. The highest BCUT2D eigenvalue weighted by Crippen LogP contribution is 2.35. The number of alkyl halides is 3. The molecule has 1 heterocycles. The third-order valence-electron chi connectivity index (χ3n) is 4.24. The van der Waals surface area contributed by atoms with E-state index in [9.17, 15) is 18.0 Å². The third kappa shape index (κ3) is 5.59. The highest BCUT2D eigenvalue weighted by molar-refractivity contribution is 7.80.